The van der Waals surface area contributed by atoms with Gasteiger partial charge < -0.3 is 0 Å². The van der Waals surface area contributed by atoms with E-state index < -0.39 is 15.4 Å². The molecular weight excluding hydrogens is 306 g/mol. The van der Waals surface area contributed by atoms with Crippen molar-refractivity contribution in [3.63, 3.8) is 0 Å². The normalized spacial score (nSPS) is 18.9. The zero-order valence-corrected chi connectivity index (χ0v) is 13.4. The Kier molecular flexibility index (Phi) is 4.28. The number of para-hydroxylation sites is 1. The van der Waals surface area contributed by atoms with E-state index in [9.17, 15) is 13.0 Å². The van der Waals surface area contributed by atoms with Crippen molar-refractivity contribution >= 4 is 31.7 Å². The molecule has 4 nitrogen and oxygen atoms in total. The second-order valence-corrected chi connectivity index (χ2v) is 8.42. The number of aromatic nitrogens is 1. The third-order valence-corrected chi connectivity index (χ3v) is 6.65. The Labute approximate surface area is 129 Å². The molecule has 1 unspecified atom stereocenters. The van der Waals surface area contributed by atoms with Gasteiger partial charge in [-0.3, -0.25) is 4.55 Å². The summed E-state index contributed by atoms with van der Waals surface area (Å²) in [4.78, 5) is 4.42. The fourth-order valence-corrected chi connectivity index (χ4v) is 5.40. The molecule has 6 heteroatoms. The zero-order chi connectivity index (χ0) is 14.9. The second-order valence-electron chi connectivity index (χ2n) is 5.76. The molecule has 1 N–H and O–H groups in total. The summed E-state index contributed by atoms with van der Waals surface area (Å²) in [5.74, 6) is 0.373. The van der Waals surface area contributed by atoms with Crippen LogP contribution in [0.5, 0.6) is 0 Å². The molecule has 1 aliphatic carbocycles. The minimum absolute atomic E-state index is 0.373. The Bertz CT molecular complexity index is 684. The lowest BCUT2D eigenvalue weighted by molar-refractivity contribution is 0.328. The zero-order valence-electron chi connectivity index (χ0n) is 11.7. The highest BCUT2D eigenvalue weighted by molar-refractivity contribution is 7.86. The van der Waals surface area contributed by atoms with E-state index in [0.29, 0.717) is 17.3 Å². The molecule has 21 heavy (non-hydrogen) atoms. The highest BCUT2D eigenvalue weighted by Gasteiger charge is 2.31. The first-order valence-corrected chi connectivity index (χ1v) is 9.68. The predicted molar refractivity (Wildman–Crippen MR) is 85.1 cm³/mol. The average Bonchev–Trinajstić information content (AvgIpc) is 2.88. The van der Waals surface area contributed by atoms with Crippen LogP contribution in [-0.2, 0) is 10.1 Å². The Hall–Kier alpha value is -0.980. The first kappa shape index (κ1) is 14.9. The van der Waals surface area contributed by atoms with Crippen LogP contribution in [0.2, 0.25) is 0 Å². The molecule has 0 saturated heterocycles. The number of hydrogen-bond acceptors (Lipinski definition) is 4. The van der Waals surface area contributed by atoms with E-state index in [-0.39, 0.29) is 0 Å². The van der Waals surface area contributed by atoms with E-state index in [2.05, 4.69) is 4.98 Å². The van der Waals surface area contributed by atoms with Crippen LogP contribution in [-0.4, -0.2) is 18.0 Å². The SMILES string of the molecule is O=S(=O)(O)C(CC1CCCCC1)c1nc2ccccc2s1. The van der Waals surface area contributed by atoms with Gasteiger partial charge >= 0.3 is 0 Å². The van der Waals surface area contributed by atoms with Crippen LogP contribution in [0.3, 0.4) is 0 Å². The minimum atomic E-state index is -4.12. The Morgan fingerprint density at radius 3 is 2.62 bits per heavy atom. The maximum atomic E-state index is 11.8. The topological polar surface area (TPSA) is 67.3 Å². The lowest BCUT2D eigenvalue weighted by Crippen LogP contribution is -2.18. The molecule has 0 spiro atoms. The summed E-state index contributed by atoms with van der Waals surface area (Å²) < 4.78 is 34.2. The fourth-order valence-electron chi connectivity index (χ4n) is 3.10. The molecule has 114 valence electrons. The third kappa shape index (κ3) is 3.44. The second kappa shape index (κ2) is 6.02. The van der Waals surface area contributed by atoms with Crippen LogP contribution in [0.4, 0.5) is 0 Å². The molecule has 1 aliphatic rings. The van der Waals surface area contributed by atoms with Gasteiger partial charge in [0.2, 0.25) is 0 Å². The summed E-state index contributed by atoms with van der Waals surface area (Å²) in [6, 6.07) is 7.60. The molecule has 1 heterocycles. The van der Waals surface area contributed by atoms with Gasteiger partial charge in [-0.2, -0.15) is 8.42 Å². The highest BCUT2D eigenvalue weighted by Crippen LogP contribution is 2.38. The molecule has 0 bridgehead atoms. The van der Waals surface area contributed by atoms with Gasteiger partial charge in [0.25, 0.3) is 10.1 Å². The van der Waals surface area contributed by atoms with Gasteiger partial charge in [0.15, 0.2) is 0 Å². The summed E-state index contributed by atoms with van der Waals surface area (Å²) >= 11 is 1.37. The number of hydrogen-bond donors (Lipinski definition) is 1. The fraction of sp³-hybridized carbons (Fsp3) is 0.533. The van der Waals surface area contributed by atoms with Gasteiger partial charge in [-0.15, -0.1) is 11.3 Å². The van der Waals surface area contributed by atoms with Crippen molar-refractivity contribution in [3.8, 4) is 0 Å². The molecule has 1 atom stereocenters. The summed E-state index contributed by atoms with van der Waals surface area (Å²) in [6.07, 6.45) is 6.13. The first-order chi connectivity index (χ1) is 10.0. The Balaban J connectivity index is 1.91. The van der Waals surface area contributed by atoms with E-state index in [4.69, 9.17) is 0 Å². The lowest BCUT2D eigenvalue weighted by atomic mass is 9.86. The van der Waals surface area contributed by atoms with Crippen molar-refractivity contribution in [3.05, 3.63) is 29.3 Å². The standard InChI is InChI=1S/C15H19NO3S2/c17-21(18,19)14(10-11-6-2-1-3-7-11)15-16-12-8-4-5-9-13(12)20-15/h4-5,8-9,11,14H,1-3,6-7,10H2,(H,17,18,19). The molecule has 0 radical (unpaired) electrons. The van der Waals surface area contributed by atoms with E-state index in [1.165, 1.54) is 17.8 Å². The van der Waals surface area contributed by atoms with Crippen molar-refractivity contribution in [1.82, 2.24) is 4.98 Å². The average molecular weight is 325 g/mol. The third-order valence-electron chi connectivity index (χ3n) is 4.22. The van der Waals surface area contributed by atoms with Gasteiger partial charge in [0.1, 0.15) is 10.3 Å². The maximum Gasteiger partial charge on any atom is 0.274 e. The van der Waals surface area contributed by atoms with Gasteiger partial charge in [0, 0.05) is 0 Å². The molecule has 1 aromatic carbocycles. The molecule has 2 aromatic rings. The van der Waals surface area contributed by atoms with Gasteiger partial charge in [-0.05, 0) is 24.5 Å². The number of benzene rings is 1. The van der Waals surface area contributed by atoms with Crippen LogP contribution in [0.15, 0.2) is 24.3 Å². The quantitative estimate of drug-likeness (QED) is 0.856. The Morgan fingerprint density at radius 1 is 1.24 bits per heavy atom. The maximum absolute atomic E-state index is 11.8. The van der Waals surface area contributed by atoms with E-state index in [0.717, 1.165) is 35.9 Å². The molecule has 1 aromatic heterocycles. The number of nitrogens with zero attached hydrogens (tertiary/aromatic N) is 1. The molecular formula is C15H19NO3S2. The van der Waals surface area contributed by atoms with E-state index in [1.807, 2.05) is 24.3 Å². The summed E-state index contributed by atoms with van der Waals surface area (Å²) in [5, 5.41) is -0.359. The molecule has 1 saturated carbocycles. The molecule has 1 fully saturated rings. The van der Waals surface area contributed by atoms with E-state index >= 15 is 0 Å². The van der Waals surface area contributed by atoms with Crippen LogP contribution >= 0.6 is 11.3 Å². The highest BCUT2D eigenvalue weighted by atomic mass is 32.2. The van der Waals surface area contributed by atoms with Crippen LogP contribution < -0.4 is 0 Å². The first-order valence-electron chi connectivity index (χ1n) is 7.36. The smallest absolute Gasteiger partial charge is 0.274 e. The summed E-state index contributed by atoms with van der Waals surface area (Å²) in [6.45, 7) is 0. The van der Waals surface area contributed by atoms with Gasteiger partial charge in [-0.1, -0.05) is 44.2 Å². The van der Waals surface area contributed by atoms with Crippen LogP contribution in [0, 0.1) is 5.92 Å². The lowest BCUT2D eigenvalue weighted by Gasteiger charge is -2.24. The van der Waals surface area contributed by atoms with Gasteiger partial charge in [0.05, 0.1) is 10.2 Å². The Morgan fingerprint density at radius 2 is 1.95 bits per heavy atom. The van der Waals surface area contributed by atoms with E-state index in [1.54, 1.807) is 0 Å². The van der Waals surface area contributed by atoms with Crippen LogP contribution in [0.25, 0.3) is 10.2 Å². The van der Waals surface area contributed by atoms with Crippen molar-refractivity contribution < 1.29 is 13.0 Å². The summed E-state index contributed by atoms with van der Waals surface area (Å²) in [5.41, 5.74) is 0.801. The minimum Gasteiger partial charge on any atom is -0.285 e. The predicted octanol–water partition coefficient (Wildman–Crippen LogP) is 4.20. The molecule has 0 aliphatic heterocycles. The van der Waals surface area contributed by atoms with Crippen molar-refractivity contribution in [2.75, 3.05) is 0 Å². The van der Waals surface area contributed by atoms with Gasteiger partial charge in [-0.25, -0.2) is 4.98 Å². The number of rotatable bonds is 4. The van der Waals surface area contributed by atoms with Crippen molar-refractivity contribution in [2.24, 2.45) is 5.92 Å². The monoisotopic (exact) mass is 325 g/mol. The van der Waals surface area contributed by atoms with Crippen molar-refractivity contribution in [2.45, 2.75) is 43.8 Å². The molecule has 3 rings (SSSR count). The number of thiazole rings is 1. The van der Waals surface area contributed by atoms with Crippen LogP contribution in [0.1, 0.15) is 48.8 Å². The largest absolute Gasteiger partial charge is 0.285 e. The summed E-state index contributed by atoms with van der Waals surface area (Å²) in [7, 11) is -4.12. The van der Waals surface area contributed by atoms with Crippen molar-refractivity contribution in [1.29, 1.82) is 0 Å². The molecule has 0 amide bonds. The number of fused-ring (bicyclic) bond motifs is 1.